The van der Waals surface area contributed by atoms with E-state index in [1.54, 1.807) is 29.2 Å². The topological polar surface area (TPSA) is 61.4 Å². The van der Waals surface area contributed by atoms with Crippen LogP contribution in [-0.4, -0.2) is 24.9 Å². The molecule has 0 aliphatic rings. The summed E-state index contributed by atoms with van der Waals surface area (Å²) in [5, 5.41) is 5.96. The molecule has 0 aromatic heterocycles. The Hall–Kier alpha value is -3.44. The minimum atomic E-state index is -0.125. The number of nitrogens with one attached hydrogen (secondary N) is 2. The maximum Gasteiger partial charge on any atom is 0.258 e. The van der Waals surface area contributed by atoms with Crippen LogP contribution >= 0.6 is 0 Å². The van der Waals surface area contributed by atoms with Crippen molar-refractivity contribution >= 4 is 23.2 Å². The molecule has 0 heterocycles. The van der Waals surface area contributed by atoms with Gasteiger partial charge in [-0.05, 0) is 48.9 Å². The van der Waals surface area contributed by atoms with Crippen molar-refractivity contribution in [1.82, 2.24) is 5.32 Å². The fraction of sp³-hybridized carbons (Fsp3) is 0.167. The first-order valence-corrected chi connectivity index (χ1v) is 9.69. The van der Waals surface area contributed by atoms with E-state index in [-0.39, 0.29) is 18.4 Å². The molecule has 148 valence electrons. The highest BCUT2D eigenvalue weighted by Gasteiger charge is 2.15. The third-order valence-corrected chi connectivity index (χ3v) is 4.50. The SMILES string of the molecule is CCN(C(=O)c1ccc(NC(=O)CNCc2ccccc2)cc1)c1ccccc1. The highest BCUT2D eigenvalue weighted by molar-refractivity contribution is 6.06. The van der Waals surface area contributed by atoms with Gasteiger partial charge in [0.15, 0.2) is 0 Å². The number of hydrogen-bond donors (Lipinski definition) is 2. The van der Waals surface area contributed by atoms with Crippen LogP contribution in [0.1, 0.15) is 22.8 Å². The van der Waals surface area contributed by atoms with Crippen LogP contribution in [0.3, 0.4) is 0 Å². The van der Waals surface area contributed by atoms with Crippen LogP contribution in [0.25, 0.3) is 0 Å². The van der Waals surface area contributed by atoms with E-state index in [9.17, 15) is 9.59 Å². The van der Waals surface area contributed by atoms with Gasteiger partial charge < -0.3 is 15.5 Å². The highest BCUT2D eigenvalue weighted by Crippen LogP contribution is 2.18. The van der Waals surface area contributed by atoms with E-state index < -0.39 is 0 Å². The van der Waals surface area contributed by atoms with Crippen molar-refractivity contribution in [2.24, 2.45) is 0 Å². The number of carbonyl (C=O) groups is 2. The molecule has 3 aromatic rings. The van der Waals surface area contributed by atoms with E-state index >= 15 is 0 Å². The summed E-state index contributed by atoms with van der Waals surface area (Å²) in [4.78, 5) is 26.7. The fourth-order valence-corrected chi connectivity index (χ4v) is 3.02. The van der Waals surface area contributed by atoms with Crippen molar-refractivity contribution in [2.45, 2.75) is 13.5 Å². The van der Waals surface area contributed by atoms with E-state index in [1.807, 2.05) is 67.6 Å². The van der Waals surface area contributed by atoms with E-state index in [0.29, 0.717) is 24.3 Å². The lowest BCUT2D eigenvalue weighted by Crippen LogP contribution is -2.30. The number of benzene rings is 3. The molecule has 2 amide bonds. The lowest BCUT2D eigenvalue weighted by atomic mass is 10.1. The standard InChI is InChI=1S/C24H25N3O2/c1-2-27(22-11-7-4-8-12-22)24(29)20-13-15-21(16-14-20)26-23(28)18-25-17-19-9-5-3-6-10-19/h3-16,25H,2,17-18H2,1H3,(H,26,28). The summed E-state index contributed by atoms with van der Waals surface area (Å²) in [6.07, 6.45) is 0. The maximum atomic E-state index is 12.8. The van der Waals surface area contributed by atoms with Gasteiger partial charge in [-0.2, -0.15) is 0 Å². The number of nitrogens with zero attached hydrogens (tertiary/aromatic N) is 1. The van der Waals surface area contributed by atoms with E-state index in [1.165, 1.54) is 0 Å². The van der Waals surface area contributed by atoms with Gasteiger partial charge in [0.2, 0.25) is 5.91 Å². The maximum absolute atomic E-state index is 12.8. The molecule has 0 spiro atoms. The molecule has 0 saturated heterocycles. The summed E-state index contributed by atoms with van der Waals surface area (Å²) in [5.41, 5.74) is 3.23. The predicted molar refractivity (Wildman–Crippen MR) is 117 cm³/mol. The smallest absolute Gasteiger partial charge is 0.258 e. The Morgan fingerprint density at radius 2 is 1.45 bits per heavy atom. The van der Waals surface area contributed by atoms with E-state index in [2.05, 4.69) is 10.6 Å². The molecular formula is C24H25N3O2. The number of anilines is 2. The highest BCUT2D eigenvalue weighted by atomic mass is 16.2. The fourth-order valence-electron chi connectivity index (χ4n) is 3.02. The van der Waals surface area contributed by atoms with Crippen molar-refractivity contribution in [1.29, 1.82) is 0 Å². The van der Waals surface area contributed by atoms with Gasteiger partial charge in [0.1, 0.15) is 0 Å². The molecular weight excluding hydrogens is 362 g/mol. The minimum absolute atomic E-state index is 0.0684. The molecule has 29 heavy (non-hydrogen) atoms. The Labute approximate surface area is 171 Å². The molecule has 0 unspecified atom stereocenters. The van der Waals surface area contributed by atoms with E-state index in [4.69, 9.17) is 0 Å². The third kappa shape index (κ3) is 5.77. The molecule has 5 heteroatoms. The van der Waals surface area contributed by atoms with Gasteiger partial charge in [-0.3, -0.25) is 9.59 Å². The molecule has 2 N–H and O–H groups in total. The van der Waals surface area contributed by atoms with Crippen LogP contribution in [0.5, 0.6) is 0 Å². The summed E-state index contributed by atoms with van der Waals surface area (Å²) in [5.74, 6) is -0.194. The first-order valence-electron chi connectivity index (χ1n) is 9.69. The average molecular weight is 387 g/mol. The van der Waals surface area contributed by atoms with Gasteiger partial charge in [0, 0.05) is 30.0 Å². The molecule has 3 aromatic carbocycles. The van der Waals surface area contributed by atoms with Crippen LogP contribution in [-0.2, 0) is 11.3 Å². The summed E-state index contributed by atoms with van der Waals surface area (Å²) in [7, 11) is 0. The van der Waals surface area contributed by atoms with Crippen LogP contribution in [0, 0.1) is 0 Å². The van der Waals surface area contributed by atoms with Crippen molar-refractivity contribution in [3.63, 3.8) is 0 Å². The van der Waals surface area contributed by atoms with Crippen LogP contribution in [0.15, 0.2) is 84.9 Å². The third-order valence-electron chi connectivity index (χ3n) is 4.50. The Morgan fingerprint density at radius 1 is 0.828 bits per heavy atom. The number of hydrogen-bond acceptors (Lipinski definition) is 3. The van der Waals surface area contributed by atoms with Crippen LogP contribution in [0.2, 0.25) is 0 Å². The Kier molecular flexibility index (Phi) is 7.14. The van der Waals surface area contributed by atoms with Crippen LogP contribution < -0.4 is 15.5 Å². The van der Waals surface area contributed by atoms with E-state index in [0.717, 1.165) is 11.3 Å². The Bertz CT molecular complexity index is 925. The second-order valence-corrected chi connectivity index (χ2v) is 6.60. The molecule has 0 aliphatic carbocycles. The quantitative estimate of drug-likeness (QED) is 0.612. The number of rotatable bonds is 8. The molecule has 0 fully saturated rings. The van der Waals surface area contributed by atoms with Crippen molar-refractivity contribution in [3.05, 3.63) is 96.1 Å². The van der Waals surface area contributed by atoms with Gasteiger partial charge in [-0.25, -0.2) is 0 Å². The molecule has 5 nitrogen and oxygen atoms in total. The lowest BCUT2D eigenvalue weighted by Gasteiger charge is -2.21. The largest absolute Gasteiger partial charge is 0.325 e. The molecule has 0 bridgehead atoms. The molecule has 0 aliphatic heterocycles. The van der Waals surface area contributed by atoms with Crippen LogP contribution in [0.4, 0.5) is 11.4 Å². The predicted octanol–water partition coefficient (Wildman–Crippen LogP) is 4.08. The molecule has 0 radical (unpaired) electrons. The zero-order valence-corrected chi connectivity index (χ0v) is 16.5. The monoisotopic (exact) mass is 387 g/mol. The second kappa shape index (κ2) is 10.2. The van der Waals surface area contributed by atoms with Crippen molar-refractivity contribution in [2.75, 3.05) is 23.3 Å². The number of carbonyl (C=O) groups excluding carboxylic acids is 2. The number of amides is 2. The van der Waals surface area contributed by atoms with Gasteiger partial charge in [0.05, 0.1) is 6.54 Å². The summed E-state index contributed by atoms with van der Waals surface area (Å²) in [6, 6.07) is 26.5. The lowest BCUT2D eigenvalue weighted by molar-refractivity contribution is -0.115. The van der Waals surface area contributed by atoms with Crippen molar-refractivity contribution < 1.29 is 9.59 Å². The molecule has 0 saturated carbocycles. The van der Waals surface area contributed by atoms with Gasteiger partial charge in [0.25, 0.3) is 5.91 Å². The summed E-state index contributed by atoms with van der Waals surface area (Å²) < 4.78 is 0. The first-order chi connectivity index (χ1) is 14.2. The molecule has 3 rings (SSSR count). The van der Waals surface area contributed by atoms with Gasteiger partial charge >= 0.3 is 0 Å². The Balaban J connectivity index is 1.54. The normalized spacial score (nSPS) is 10.4. The zero-order valence-electron chi connectivity index (χ0n) is 16.5. The Morgan fingerprint density at radius 3 is 2.07 bits per heavy atom. The second-order valence-electron chi connectivity index (χ2n) is 6.60. The minimum Gasteiger partial charge on any atom is -0.325 e. The summed E-state index contributed by atoms with van der Waals surface area (Å²) in [6.45, 7) is 3.37. The average Bonchev–Trinajstić information content (AvgIpc) is 2.76. The number of para-hydroxylation sites is 1. The molecule has 0 atom stereocenters. The zero-order chi connectivity index (χ0) is 20.5. The summed E-state index contributed by atoms with van der Waals surface area (Å²) >= 11 is 0. The van der Waals surface area contributed by atoms with Gasteiger partial charge in [-0.15, -0.1) is 0 Å². The van der Waals surface area contributed by atoms with Gasteiger partial charge in [-0.1, -0.05) is 48.5 Å². The first kappa shape index (κ1) is 20.3. The van der Waals surface area contributed by atoms with Crippen molar-refractivity contribution in [3.8, 4) is 0 Å².